The van der Waals surface area contributed by atoms with Crippen molar-refractivity contribution in [1.82, 2.24) is 4.90 Å². The summed E-state index contributed by atoms with van der Waals surface area (Å²) in [5.41, 5.74) is 1.48. The second-order valence-electron chi connectivity index (χ2n) is 7.84. The first-order valence-electron chi connectivity index (χ1n) is 11.3. The molecule has 2 aromatic rings. The number of amides is 3. The van der Waals surface area contributed by atoms with Gasteiger partial charge in [0, 0.05) is 26.2 Å². The number of hydrogen-bond donors (Lipinski definition) is 4. The van der Waals surface area contributed by atoms with Gasteiger partial charge < -0.3 is 30.5 Å². The molecule has 3 amide bonds. The fourth-order valence-electron chi connectivity index (χ4n) is 3.20. The van der Waals surface area contributed by atoms with Crippen molar-refractivity contribution >= 4 is 64.8 Å². The first kappa shape index (κ1) is 31.2. The van der Waals surface area contributed by atoms with E-state index < -0.39 is 18.0 Å². The minimum Gasteiger partial charge on any atom is -0.495 e. The van der Waals surface area contributed by atoms with E-state index >= 15 is 0 Å². The van der Waals surface area contributed by atoms with Gasteiger partial charge in [0.05, 0.1) is 37.4 Å². The number of aliphatic hydroxyl groups is 1. The highest BCUT2D eigenvalue weighted by Gasteiger charge is 2.22. The number of benzene rings is 2. The van der Waals surface area contributed by atoms with Crippen LogP contribution in [0.3, 0.4) is 0 Å². The molecule has 0 spiro atoms. The summed E-state index contributed by atoms with van der Waals surface area (Å²) in [5.74, 6) is 0.443. The van der Waals surface area contributed by atoms with Gasteiger partial charge in [0.15, 0.2) is 0 Å². The summed E-state index contributed by atoms with van der Waals surface area (Å²) in [6.07, 6.45) is 1.82. The summed E-state index contributed by atoms with van der Waals surface area (Å²) in [4.78, 5) is 34.4. The predicted molar refractivity (Wildman–Crippen MR) is 157 cm³/mol. The number of ether oxygens (including phenoxy) is 2. The molecule has 0 fully saturated rings. The van der Waals surface area contributed by atoms with Crippen LogP contribution in [-0.4, -0.2) is 62.8 Å². The summed E-state index contributed by atoms with van der Waals surface area (Å²) in [6.45, 7) is 8.63. The first-order valence-corrected chi connectivity index (χ1v) is 12.1. The molecule has 0 aliphatic carbocycles. The lowest BCUT2D eigenvalue weighted by Gasteiger charge is -2.21. The molecule has 208 valence electrons. The molecule has 2 aromatic carbocycles. The molecule has 0 aromatic heterocycles. The number of halogens is 2. The molecule has 0 aliphatic rings. The number of nitrogens with one attached hydrogen (secondary N) is 3. The van der Waals surface area contributed by atoms with Gasteiger partial charge in [-0.25, -0.2) is 9.79 Å². The number of aliphatic hydroxyl groups excluding tert-OH is 1. The molecule has 1 atom stereocenters. The maximum absolute atomic E-state index is 13.1. The lowest BCUT2D eigenvalue weighted by Crippen LogP contribution is -2.36. The Bertz CT molecular complexity index is 1300. The normalized spacial score (nSPS) is 12.2. The van der Waals surface area contributed by atoms with Gasteiger partial charge in [-0.05, 0) is 37.4 Å². The number of hydrogen-bond acceptors (Lipinski definition) is 8. The summed E-state index contributed by atoms with van der Waals surface area (Å²) in [6, 6.07) is 5.81. The van der Waals surface area contributed by atoms with Gasteiger partial charge in [-0.2, -0.15) is 0 Å². The Morgan fingerprint density at radius 2 is 1.69 bits per heavy atom. The Balaban J connectivity index is 2.37. The second kappa shape index (κ2) is 14.2. The van der Waals surface area contributed by atoms with Crippen molar-refractivity contribution in [3.8, 4) is 11.5 Å². The van der Waals surface area contributed by atoms with Gasteiger partial charge >= 0.3 is 6.03 Å². The second-order valence-corrected chi connectivity index (χ2v) is 8.60. The van der Waals surface area contributed by atoms with E-state index in [1.165, 1.54) is 45.4 Å². The van der Waals surface area contributed by atoms with Crippen LogP contribution in [0.1, 0.15) is 18.6 Å². The lowest BCUT2D eigenvalue weighted by atomic mass is 10.1. The number of nitrogens with zero attached hydrogens (tertiary/aromatic N) is 3. The highest BCUT2D eigenvalue weighted by Crippen LogP contribution is 2.44. The van der Waals surface area contributed by atoms with Crippen LogP contribution >= 0.6 is 23.2 Å². The molecule has 0 saturated heterocycles. The predicted octanol–water partition coefficient (Wildman–Crippen LogP) is 5.33. The summed E-state index contributed by atoms with van der Waals surface area (Å²) >= 11 is 12.7. The highest BCUT2D eigenvalue weighted by molar-refractivity contribution is 6.41. The SMILES string of the molecule is C=CC(=O)Nc1cc(C(C)O)ccc1N/C(=C/C(=N\C)N(C)C(=O)Nc1c(Cl)c(OC)cc(OC)c1Cl)N=C. The van der Waals surface area contributed by atoms with Gasteiger partial charge in [-0.15, -0.1) is 0 Å². The van der Waals surface area contributed by atoms with Crippen molar-refractivity contribution in [3.05, 3.63) is 64.4 Å². The van der Waals surface area contributed by atoms with Crippen LogP contribution in [0.2, 0.25) is 10.0 Å². The highest BCUT2D eigenvalue weighted by atomic mass is 35.5. The quantitative estimate of drug-likeness (QED) is 0.171. The maximum Gasteiger partial charge on any atom is 0.327 e. The number of anilines is 3. The number of methoxy groups -OCH3 is 2. The Kier molecular flexibility index (Phi) is 11.3. The van der Waals surface area contributed by atoms with E-state index in [2.05, 4.69) is 39.2 Å². The molecular formula is C26H30Cl2N6O5. The van der Waals surface area contributed by atoms with E-state index in [0.29, 0.717) is 16.9 Å². The molecule has 11 nitrogen and oxygen atoms in total. The van der Waals surface area contributed by atoms with Gasteiger partial charge in [0.1, 0.15) is 33.2 Å². The number of likely N-dealkylation sites (N-methyl/N-ethyl adjacent to an activating group) is 1. The van der Waals surface area contributed by atoms with Crippen molar-refractivity contribution in [2.45, 2.75) is 13.0 Å². The molecule has 0 saturated carbocycles. The van der Waals surface area contributed by atoms with Crippen molar-refractivity contribution in [3.63, 3.8) is 0 Å². The zero-order valence-corrected chi connectivity index (χ0v) is 23.6. The minimum atomic E-state index is -0.761. The molecule has 4 N–H and O–H groups in total. The Morgan fingerprint density at radius 1 is 1.08 bits per heavy atom. The molecular weight excluding hydrogens is 547 g/mol. The number of carbonyl (C=O) groups excluding carboxylic acids is 2. The number of rotatable bonds is 10. The molecule has 0 bridgehead atoms. The lowest BCUT2D eigenvalue weighted by molar-refractivity contribution is -0.111. The standard InChI is InChI=1S/C26H30Cl2N6O5/c1-8-22(36)32-17-11-15(14(2)35)9-10-16(17)31-20(29-3)13-21(30-4)34(5)26(37)33-25-23(27)18(38-6)12-19(39-7)24(25)28/h8-14,31,35H,1,3H2,2,4-7H3,(H,32,36)(H,33,37)/b20-13+,30-21+. The topological polar surface area (TPSA) is 137 Å². The Hall–Kier alpha value is -4.06. The van der Waals surface area contributed by atoms with Crippen molar-refractivity contribution in [2.24, 2.45) is 9.98 Å². The fraction of sp³-hybridized carbons (Fsp3) is 0.231. The van der Waals surface area contributed by atoms with Crippen LogP contribution in [0, 0.1) is 0 Å². The number of amidine groups is 1. The molecule has 0 heterocycles. The minimum absolute atomic E-state index is 0.0837. The summed E-state index contributed by atoms with van der Waals surface area (Å²) in [5, 5.41) is 18.5. The van der Waals surface area contributed by atoms with E-state index in [0.717, 1.165) is 6.08 Å². The monoisotopic (exact) mass is 576 g/mol. The number of carbonyl (C=O) groups is 2. The van der Waals surface area contributed by atoms with Crippen LogP contribution < -0.4 is 25.4 Å². The smallest absolute Gasteiger partial charge is 0.327 e. The van der Waals surface area contributed by atoms with E-state index in [9.17, 15) is 14.7 Å². The van der Waals surface area contributed by atoms with Gasteiger partial charge in [-0.1, -0.05) is 35.8 Å². The van der Waals surface area contributed by atoms with Crippen molar-refractivity contribution in [1.29, 1.82) is 0 Å². The van der Waals surface area contributed by atoms with Crippen LogP contribution in [-0.2, 0) is 4.79 Å². The van der Waals surface area contributed by atoms with Crippen LogP contribution in [0.25, 0.3) is 0 Å². The van der Waals surface area contributed by atoms with Crippen LogP contribution in [0.15, 0.2) is 58.8 Å². The summed E-state index contributed by atoms with van der Waals surface area (Å²) < 4.78 is 10.5. The molecule has 13 heteroatoms. The zero-order valence-electron chi connectivity index (χ0n) is 22.1. The molecule has 2 rings (SSSR count). The average molecular weight is 577 g/mol. The Morgan fingerprint density at radius 3 is 2.18 bits per heavy atom. The Labute approximate surface area is 236 Å². The zero-order chi connectivity index (χ0) is 29.3. The summed E-state index contributed by atoms with van der Waals surface area (Å²) in [7, 11) is 5.79. The first-order chi connectivity index (χ1) is 18.5. The van der Waals surface area contributed by atoms with E-state index in [1.54, 1.807) is 25.1 Å². The third-order valence-electron chi connectivity index (χ3n) is 5.35. The van der Waals surface area contributed by atoms with Crippen molar-refractivity contribution in [2.75, 3.05) is 44.3 Å². The molecule has 1 unspecified atom stereocenters. The molecule has 0 radical (unpaired) electrons. The third-order valence-corrected chi connectivity index (χ3v) is 6.10. The number of urea groups is 1. The largest absolute Gasteiger partial charge is 0.495 e. The van der Waals surface area contributed by atoms with Gasteiger partial charge in [0.2, 0.25) is 5.91 Å². The maximum atomic E-state index is 13.1. The van der Waals surface area contributed by atoms with E-state index in [1.807, 2.05) is 0 Å². The van der Waals surface area contributed by atoms with Gasteiger partial charge in [-0.3, -0.25) is 14.7 Å². The molecule has 0 aliphatic heterocycles. The number of aliphatic imine (C=N–C) groups is 2. The third kappa shape index (κ3) is 7.73. The van der Waals surface area contributed by atoms with E-state index in [-0.39, 0.29) is 38.9 Å². The molecule has 39 heavy (non-hydrogen) atoms. The van der Waals surface area contributed by atoms with Crippen molar-refractivity contribution < 1.29 is 24.2 Å². The fourth-order valence-corrected chi connectivity index (χ4v) is 3.80. The van der Waals surface area contributed by atoms with Crippen LogP contribution in [0.5, 0.6) is 11.5 Å². The average Bonchev–Trinajstić information content (AvgIpc) is 2.93. The van der Waals surface area contributed by atoms with Gasteiger partial charge in [0.25, 0.3) is 0 Å². The van der Waals surface area contributed by atoms with E-state index in [4.69, 9.17) is 32.7 Å². The van der Waals surface area contributed by atoms with Crippen LogP contribution in [0.4, 0.5) is 21.9 Å².